The Hall–Kier alpha value is -0.530. The molecule has 0 rings (SSSR count). The number of ether oxygens (including phenoxy) is 1. The van der Waals surface area contributed by atoms with Crippen LogP contribution in [0.1, 0.15) is 125 Å². The molecule has 0 N–H and O–H groups in total. The third-order valence-electron chi connectivity index (χ3n) is 5.12. The van der Waals surface area contributed by atoms with Gasteiger partial charge in [-0.2, -0.15) is 0 Å². The molecule has 0 aliphatic carbocycles. The maximum absolute atomic E-state index is 12.2. The van der Waals surface area contributed by atoms with Crippen molar-refractivity contribution in [3.05, 3.63) is 0 Å². The molecule has 0 bridgehead atoms. The lowest BCUT2D eigenvalue weighted by Crippen LogP contribution is -2.27. The van der Waals surface area contributed by atoms with Crippen LogP contribution >= 0.6 is 0 Å². The lowest BCUT2D eigenvalue weighted by atomic mass is 9.87. The highest BCUT2D eigenvalue weighted by Crippen LogP contribution is 2.25. The van der Waals surface area contributed by atoms with Crippen LogP contribution in [0.5, 0.6) is 0 Å². The minimum Gasteiger partial charge on any atom is -0.465 e. The van der Waals surface area contributed by atoms with Gasteiger partial charge in [-0.25, -0.2) is 0 Å². The second kappa shape index (κ2) is 15.7. The molecule has 0 saturated heterocycles. The fourth-order valence-electron chi connectivity index (χ4n) is 3.17. The summed E-state index contributed by atoms with van der Waals surface area (Å²) in [7, 11) is 0. The normalized spacial score (nSPS) is 11.9. The first kappa shape index (κ1) is 24.5. The molecule has 0 saturated carbocycles. The van der Waals surface area contributed by atoms with Crippen LogP contribution in [-0.4, -0.2) is 12.6 Å². The Morgan fingerprint density at radius 2 is 1.32 bits per heavy atom. The molecule has 0 aliphatic rings. The number of unbranched alkanes of at least 4 members (excludes halogenated alkanes) is 10. The zero-order valence-electron chi connectivity index (χ0n) is 18.0. The Labute approximate surface area is 158 Å². The molecule has 0 aliphatic heterocycles. The van der Waals surface area contributed by atoms with E-state index in [1.165, 1.54) is 70.6 Å². The molecule has 0 atom stereocenters. The van der Waals surface area contributed by atoms with Gasteiger partial charge in [0.2, 0.25) is 0 Å². The van der Waals surface area contributed by atoms with Crippen molar-refractivity contribution in [2.75, 3.05) is 6.61 Å². The smallest absolute Gasteiger partial charge is 0.311 e. The maximum atomic E-state index is 12.2. The van der Waals surface area contributed by atoms with E-state index in [2.05, 4.69) is 20.8 Å². The van der Waals surface area contributed by atoms with Crippen LogP contribution in [0.25, 0.3) is 0 Å². The predicted octanol–water partition coefficient (Wildman–Crippen LogP) is 7.69. The summed E-state index contributed by atoms with van der Waals surface area (Å²) in [5, 5.41) is 0. The number of rotatable bonds is 17. The van der Waals surface area contributed by atoms with Crippen LogP contribution in [0.4, 0.5) is 0 Å². The summed E-state index contributed by atoms with van der Waals surface area (Å²) in [5.41, 5.74) is -0.316. The second-order valence-corrected chi connectivity index (χ2v) is 8.84. The Bertz CT molecular complexity index is 307. The van der Waals surface area contributed by atoms with Crippen LogP contribution in [-0.2, 0) is 9.53 Å². The molecule has 0 radical (unpaired) electrons. The molecule has 0 aromatic rings. The van der Waals surface area contributed by atoms with Gasteiger partial charge in [-0.1, -0.05) is 97.8 Å². The molecule has 150 valence electrons. The van der Waals surface area contributed by atoms with Crippen LogP contribution in [0, 0.1) is 11.3 Å². The predicted molar refractivity (Wildman–Crippen MR) is 110 cm³/mol. The fraction of sp³-hybridized carbons (Fsp3) is 0.957. The van der Waals surface area contributed by atoms with Crippen molar-refractivity contribution in [3.8, 4) is 0 Å². The third kappa shape index (κ3) is 15.4. The molecule has 0 fully saturated rings. The van der Waals surface area contributed by atoms with E-state index in [1.807, 2.05) is 13.8 Å². The van der Waals surface area contributed by atoms with E-state index < -0.39 is 0 Å². The number of hydrogen-bond acceptors (Lipinski definition) is 2. The molecule has 0 aromatic heterocycles. The highest BCUT2D eigenvalue weighted by atomic mass is 16.5. The number of carbonyl (C=O) groups excluding carboxylic acids is 1. The average Bonchev–Trinajstić information content (AvgIpc) is 2.56. The molecule has 0 heterocycles. The minimum absolute atomic E-state index is 0.00542. The summed E-state index contributed by atoms with van der Waals surface area (Å²) in [5.74, 6) is 0.846. The van der Waals surface area contributed by atoms with Crippen molar-refractivity contribution < 1.29 is 9.53 Å². The van der Waals surface area contributed by atoms with Crippen molar-refractivity contribution in [2.24, 2.45) is 11.3 Å². The van der Waals surface area contributed by atoms with E-state index in [1.54, 1.807) is 0 Å². The highest BCUT2D eigenvalue weighted by Gasteiger charge is 2.28. The summed E-state index contributed by atoms with van der Waals surface area (Å²) in [6.07, 6.45) is 17.5. The van der Waals surface area contributed by atoms with Crippen molar-refractivity contribution in [3.63, 3.8) is 0 Å². The van der Waals surface area contributed by atoms with Crippen LogP contribution in [0.2, 0.25) is 0 Å². The van der Waals surface area contributed by atoms with Gasteiger partial charge in [-0.15, -0.1) is 0 Å². The first-order chi connectivity index (χ1) is 11.9. The SMILES string of the molecule is CCCCCCC(C)(C)C(=O)OCCCCCCCCCCC(C)C. The van der Waals surface area contributed by atoms with Crippen LogP contribution in [0.15, 0.2) is 0 Å². The van der Waals surface area contributed by atoms with Crippen molar-refractivity contribution in [2.45, 2.75) is 125 Å². The van der Waals surface area contributed by atoms with E-state index in [9.17, 15) is 4.79 Å². The summed E-state index contributed by atoms with van der Waals surface area (Å²) in [6.45, 7) is 11.5. The van der Waals surface area contributed by atoms with Crippen LogP contribution in [0.3, 0.4) is 0 Å². The Morgan fingerprint density at radius 1 is 0.800 bits per heavy atom. The lowest BCUT2D eigenvalue weighted by molar-refractivity contribution is -0.154. The topological polar surface area (TPSA) is 26.3 Å². The molecule has 25 heavy (non-hydrogen) atoms. The van der Waals surface area contributed by atoms with Crippen LogP contribution < -0.4 is 0 Å². The number of carbonyl (C=O) groups is 1. The summed E-state index contributed by atoms with van der Waals surface area (Å²) in [6, 6.07) is 0. The monoisotopic (exact) mass is 354 g/mol. The van der Waals surface area contributed by atoms with E-state index >= 15 is 0 Å². The van der Waals surface area contributed by atoms with E-state index in [0.29, 0.717) is 6.61 Å². The summed E-state index contributed by atoms with van der Waals surface area (Å²) >= 11 is 0. The molecular formula is C23H46O2. The van der Waals surface area contributed by atoms with Gasteiger partial charge in [0.05, 0.1) is 12.0 Å². The van der Waals surface area contributed by atoms with Gasteiger partial charge in [-0.05, 0) is 32.6 Å². The Morgan fingerprint density at radius 3 is 1.88 bits per heavy atom. The van der Waals surface area contributed by atoms with Gasteiger partial charge < -0.3 is 4.74 Å². The number of hydrogen-bond donors (Lipinski definition) is 0. The van der Waals surface area contributed by atoms with E-state index in [-0.39, 0.29) is 11.4 Å². The zero-order chi connectivity index (χ0) is 19.0. The van der Waals surface area contributed by atoms with Crippen molar-refractivity contribution >= 4 is 5.97 Å². The lowest BCUT2D eigenvalue weighted by Gasteiger charge is -2.22. The molecular weight excluding hydrogens is 308 g/mol. The molecule has 0 amide bonds. The van der Waals surface area contributed by atoms with Crippen molar-refractivity contribution in [1.29, 1.82) is 0 Å². The standard InChI is InChI=1S/C23H46O2/c1-6-7-8-16-19-23(4,5)22(24)25-20-17-14-12-10-9-11-13-15-18-21(2)3/h21H,6-20H2,1-5H3. The fourth-order valence-corrected chi connectivity index (χ4v) is 3.17. The maximum Gasteiger partial charge on any atom is 0.311 e. The van der Waals surface area contributed by atoms with Gasteiger partial charge in [-0.3, -0.25) is 4.79 Å². The van der Waals surface area contributed by atoms with E-state index in [4.69, 9.17) is 4.74 Å². The molecule has 0 unspecified atom stereocenters. The molecule has 2 nitrogen and oxygen atoms in total. The zero-order valence-corrected chi connectivity index (χ0v) is 18.0. The molecule has 2 heteroatoms. The quantitative estimate of drug-likeness (QED) is 0.198. The van der Waals surface area contributed by atoms with Gasteiger partial charge in [0.15, 0.2) is 0 Å². The van der Waals surface area contributed by atoms with Gasteiger partial charge in [0.25, 0.3) is 0 Å². The van der Waals surface area contributed by atoms with Gasteiger partial charge in [0.1, 0.15) is 0 Å². The summed E-state index contributed by atoms with van der Waals surface area (Å²) < 4.78 is 5.51. The molecule has 0 spiro atoms. The van der Waals surface area contributed by atoms with E-state index in [0.717, 1.165) is 25.2 Å². The third-order valence-corrected chi connectivity index (χ3v) is 5.12. The first-order valence-electron chi connectivity index (χ1n) is 11.1. The second-order valence-electron chi connectivity index (χ2n) is 8.84. The highest BCUT2D eigenvalue weighted by molar-refractivity contribution is 5.75. The number of esters is 1. The molecule has 0 aromatic carbocycles. The first-order valence-corrected chi connectivity index (χ1v) is 11.1. The van der Waals surface area contributed by atoms with Gasteiger partial charge in [0, 0.05) is 0 Å². The average molecular weight is 355 g/mol. The Balaban J connectivity index is 3.47. The van der Waals surface area contributed by atoms with Crippen molar-refractivity contribution in [1.82, 2.24) is 0 Å². The minimum atomic E-state index is -0.316. The summed E-state index contributed by atoms with van der Waals surface area (Å²) in [4.78, 5) is 12.2. The van der Waals surface area contributed by atoms with Gasteiger partial charge >= 0.3 is 5.97 Å². The largest absolute Gasteiger partial charge is 0.465 e. The Kier molecular flexibility index (Phi) is 15.4.